The highest BCUT2D eigenvalue weighted by Gasteiger charge is 2.31. The molecule has 1 atom stereocenters. The van der Waals surface area contributed by atoms with Gasteiger partial charge in [-0.15, -0.1) is 0 Å². The van der Waals surface area contributed by atoms with Gasteiger partial charge in [-0.2, -0.15) is 0 Å². The number of nitrogens with zero attached hydrogens (tertiary/aromatic N) is 1. The number of ether oxygens (including phenoxy) is 1. The van der Waals surface area contributed by atoms with Gasteiger partial charge in [0.1, 0.15) is 0 Å². The fourth-order valence-electron chi connectivity index (χ4n) is 2.79. The van der Waals surface area contributed by atoms with Gasteiger partial charge in [0.05, 0.1) is 10.7 Å². The molecule has 1 unspecified atom stereocenters. The number of carbonyl (C=O) groups is 1. The first-order chi connectivity index (χ1) is 9.58. The minimum absolute atomic E-state index is 0.376. The average Bonchev–Trinajstić information content (AvgIpc) is 2.74. The molecule has 0 saturated carbocycles. The maximum absolute atomic E-state index is 11.5. The lowest BCUT2D eigenvalue weighted by Crippen LogP contribution is -2.36. The number of nitrogens with one attached hydrogen (secondary N) is 1. The topological polar surface area (TPSA) is 61.8 Å². The van der Waals surface area contributed by atoms with Crippen molar-refractivity contribution in [3.05, 3.63) is 22.7 Å². The van der Waals surface area contributed by atoms with E-state index in [9.17, 15) is 9.90 Å². The highest BCUT2D eigenvalue weighted by Crippen LogP contribution is 2.39. The van der Waals surface area contributed by atoms with E-state index in [1.54, 1.807) is 6.07 Å². The zero-order chi connectivity index (χ0) is 14.3. The van der Waals surface area contributed by atoms with Crippen LogP contribution in [0.2, 0.25) is 5.02 Å². The Balaban J connectivity index is 1.91. The number of rotatable bonds is 2. The van der Waals surface area contributed by atoms with E-state index < -0.39 is 12.0 Å². The number of hydrogen-bond acceptors (Lipinski definition) is 4. The zero-order valence-corrected chi connectivity index (χ0v) is 12.0. The van der Waals surface area contributed by atoms with Crippen molar-refractivity contribution in [2.24, 2.45) is 0 Å². The van der Waals surface area contributed by atoms with E-state index in [1.807, 2.05) is 13.1 Å². The van der Waals surface area contributed by atoms with Crippen LogP contribution in [-0.4, -0.2) is 37.3 Å². The molecule has 5 nitrogen and oxygen atoms in total. The van der Waals surface area contributed by atoms with Crippen LogP contribution in [-0.2, 0) is 9.53 Å². The largest absolute Gasteiger partial charge is 0.381 e. The molecule has 2 aliphatic rings. The molecule has 1 fully saturated rings. The van der Waals surface area contributed by atoms with Crippen molar-refractivity contribution in [3.8, 4) is 0 Å². The van der Waals surface area contributed by atoms with E-state index in [2.05, 4.69) is 10.2 Å². The smallest absolute Gasteiger partial charge is 0.257 e. The van der Waals surface area contributed by atoms with Crippen molar-refractivity contribution >= 4 is 28.9 Å². The summed E-state index contributed by atoms with van der Waals surface area (Å²) in [5, 5.41) is 13.0. The van der Waals surface area contributed by atoms with Crippen LogP contribution in [0.25, 0.3) is 0 Å². The van der Waals surface area contributed by atoms with Crippen molar-refractivity contribution in [1.29, 1.82) is 0 Å². The standard InChI is InChI=1S/C14H17ClN2O3/c1-17(8-2-4-20-5-3-8)12-7-11-9(6-10(12)15)13(18)14(19)16-11/h6-8,13,18H,2-5H2,1H3,(H,16,19). The number of hydrogen-bond donors (Lipinski definition) is 2. The van der Waals surface area contributed by atoms with E-state index in [1.165, 1.54) is 0 Å². The fraction of sp³-hybridized carbons (Fsp3) is 0.500. The van der Waals surface area contributed by atoms with Gasteiger partial charge in [0.25, 0.3) is 5.91 Å². The Morgan fingerprint density at radius 2 is 2.10 bits per heavy atom. The lowest BCUT2D eigenvalue weighted by atomic mass is 10.1. The SMILES string of the molecule is CN(c1cc2c(cc1Cl)C(O)C(=O)N2)C1CCOCC1. The van der Waals surface area contributed by atoms with Crippen molar-refractivity contribution < 1.29 is 14.6 Å². The van der Waals surface area contributed by atoms with Crippen molar-refractivity contribution in [3.63, 3.8) is 0 Å². The Hall–Kier alpha value is -1.30. The summed E-state index contributed by atoms with van der Waals surface area (Å²) in [7, 11) is 2.00. The molecule has 20 heavy (non-hydrogen) atoms. The number of halogens is 1. The van der Waals surface area contributed by atoms with Crippen LogP contribution in [0.15, 0.2) is 12.1 Å². The van der Waals surface area contributed by atoms with Crippen LogP contribution in [0.4, 0.5) is 11.4 Å². The summed E-state index contributed by atoms with van der Waals surface area (Å²) < 4.78 is 5.37. The van der Waals surface area contributed by atoms with E-state index in [4.69, 9.17) is 16.3 Å². The second-order valence-electron chi connectivity index (χ2n) is 5.24. The highest BCUT2D eigenvalue weighted by molar-refractivity contribution is 6.33. The molecule has 1 aromatic rings. The van der Waals surface area contributed by atoms with Crippen LogP contribution in [0, 0.1) is 0 Å². The van der Waals surface area contributed by atoms with Gasteiger partial charge in [-0.1, -0.05) is 11.6 Å². The summed E-state index contributed by atoms with van der Waals surface area (Å²) in [4.78, 5) is 13.6. The second kappa shape index (κ2) is 5.24. The minimum atomic E-state index is -1.12. The van der Waals surface area contributed by atoms with Gasteiger partial charge < -0.3 is 20.1 Å². The Morgan fingerprint density at radius 3 is 2.80 bits per heavy atom. The Kier molecular flexibility index (Phi) is 3.58. The first-order valence-corrected chi connectivity index (χ1v) is 7.08. The van der Waals surface area contributed by atoms with Crippen molar-refractivity contribution in [2.45, 2.75) is 25.0 Å². The number of anilines is 2. The normalized spacial score (nSPS) is 22.6. The summed E-state index contributed by atoms with van der Waals surface area (Å²) in [6.45, 7) is 1.51. The van der Waals surface area contributed by atoms with Crippen LogP contribution in [0.5, 0.6) is 0 Å². The maximum atomic E-state index is 11.5. The van der Waals surface area contributed by atoms with Gasteiger partial charge in [0.2, 0.25) is 0 Å². The van der Waals surface area contributed by atoms with Gasteiger partial charge in [0.15, 0.2) is 6.10 Å². The first kappa shape index (κ1) is 13.7. The maximum Gasteiger partial charge on any atom is 0.257 e. The molecule has 0 spiro atoms. The number of aliphatic hydroxyl groups is 1. The molecule has 0 aromatic heterocycles. The predicted octanol–water partition coefficient (Wildman–Crippen LogP) is 1.94. The quantitative estimate of drug-likeness (QED) is 0.875. The van der Waals surface area contributed by atoms with E-state index in [0.717, 1.165) is 31.7 Å². The number of benzene rings is 1. The lowest BCUT2D eigenvalue weighted by molar-refractivity contribution is -0.123. The van der Waals surface area contributed by atoms with Crippen LogP contribution >= 0.6 is 11.6 Å². The number of aliphatic hydroxyl groups excluding tert-OH is 1. The Bertz CT molecular complexity index is 543. The molecule has 0 aliphatic carbocycles. The monoisotopic (exact) mass is 296 g/mol. The fourth-order valence-corrected chi connectivity index (χ4v) is 3.10. The van der Waals surface area contributed by atoms with Gasteiger partial charge >= 0.3 is 0 Å². The molecule has 1 saturated heterocycles. The van der Waals surface area contributed by atoms with Crippen LogP contribution in [0.3, 0.4) is 0 Å². The van der Waals surface area contributed by atoms with E-state index in [-0.39, 0.29) is 0 Å². The Morgan fingerprint density at radius 1 is 1.40 bits per heavy atom. The summed E-state index contributed by atoms with van der Waals surface area (Å²) in [5.41, 5.74) is 2.05. The number of amides is 1. The third-order valence-corrected chi connectivity index (χ3v) is 4.34. The summed E-state index contributed by atoms with van der Waals surface area (Å²) >= 11 is 6.31. The minimum Gasteiger partial charge on any atom is -0.381 e. The zero-order valence-electron chi connectivity index (χ0n) is 11.2. The van der Waals surface area contributed by atoms with Crippen LogP contribution in [0.1, 0.15) is 24.5 Å². The molecule has 0 radical (unpaired) electrons. The molecule has 1 aromatic carbocycles. The van der Waals surface area contributed by atoms with Gasteiger partial charge in [-0.3, -0.25) is 4.79 Å². The summed E-state index contributed by atoms with van der Waals surface area (Å²) in [6.07, 6.45) is 0.794. The molecule has 108 valence electrons. The number of carbonyl (C=O) groups excluding carboxylic acids is 1. The molecule has 6 heteroatoms. The summed E-state index contributed by atoms with van der Waals surface area (Å²) in [6, 6.07) is 3.88. The second-order valence-corrected chi connectivity index (χ2v) is 5.64. The molecule has 3 rings (SSSR count). The van der Waals surface area contributed by atoms with Gasteiger partial charge in [-0.25, -0.2) is 0 Å². The molecule has 2 N–H and O–H groups in total. The van der Waals surface area contributed by atoms with E-state index in [0.29, 0.717) is 22.3 Å². The first-order valence-electron chi connectivity index (χ1n) is 6.71. The molecular formula is C14H17ClN2O3. The average molecular weight is 297 g/mol. The van der Waals surface area contributed by atoms with E-state index >= 15 is 0 Å². The molecular weight excluding hydrogens is 280 g/mol. The highest BCUT2D eigenvalue weighted by atomic mass is 35.5. The third kappa shape index (κ3) is 2.26. The van der Waals surface area contributed by atoms with Gasteiger partial charge in [-0.05, 0) is 25.0 Å². The summed E-state index contributed by atoms with van der Waals surface area (Å²) in [5.74, 6) is -0.401. The van der Waals surface area contributed by atoms with Crippen LogP contribution < -0.4 is 10.2 Å². The molecule has 0 bridgehead atoms. The Labute approximate surface area is 122 Å². The molecule has 1 amide bonds. The van der Waals surface area contributed by atoms with Gasteiger partial charge in [0, 0.05) is 37.6 Å². The van der Waals surface area contributed by atoms with Crippen molar-refractivity contribution in [2.75, 3.05) is 30.5 Å². The molecule has 2 aliphatic heterocycles. The van der Waals surface area contributed by atoms with Crippen molar-refractivity contribution in [1.82, 2.24) is 0 Å². The number of fused-ring (bicyclic) bond motifs is 1. The predicted molar refractivity (Wildman–Crippen MR) is 77.3 cm³/mol. The third-order valence-electron chi connectivity index (χ3n) is 4.04. The lowest BCUT2D eigenvalue weighted by Gasteiger charge is -2.33. The molecule has 2 heterocycles.